The third kappa shape index (κ3) is 4.36. The molecule has 2 aromatic rings. The van der Waals surface area contributed by atoms with Crippen LogP contribution in [0.15, 0.2) is 48.5 Å². The van der Waals surface area contributed by atoms with Crippen molar-refractivity contribution in [1.82, 2.24) is 9.80 Å². The molecule has 1 heterocycles. The Hall–Kier alpha value is -3.09. The highest BCUT2D eigenvalue weighted by molar-refractivity contribution is 5.95. The maximum absolute atomic E-state index is 13.6. The molecule has 4 nitrogen and oxygen atoms in total. The van der Waals surface area contributed by atoms with Crippen LogP contribution in [0.2, 0.25) is 0 Å². The molecule has 0 saturated carbocycles. The fourth-order valence-corrected chi connectivity index (χ4v) is 2.86. The SMILES string of the molecule is O=C(/C=C/c1c(F)cccc1F)N1CCN(C(=O)c2cccc(F)c2)CC1. The van der Waals surface area contributed by atoms with Crippen LogP contribution < -0.4 is 0 Å². The van der Waals surface area contributed by atoms with E-state index in [4.69, 9.17) is 0 Å². The van der Waals surface area contributed by atoms with Crippen molar-refractivity contribution in [3.63, 3.8) is 0 Å². The van der Waals surface area contributed by atoms with Gasteiger partial charge in [-0.2, -0.15) is 0 Å². The maximum atomic E-state index is 13.6. The molecule has 0 radical (unpaired) electrons. The summed E-state index contributed by atoms with van der Waals surface area (Å²) in [6.07, 6.45) is 2.23. The van der Waals surface area contributed by atoms with E-state index in [1.165, 1.54) is 35.2 Å². The number of amides is 2. The predicted molar refractivity (Wildman–Crippen MR) is 94.3 cm³/mol. The van der Waals surface area contributed by atoms with E-state index in [1.54, 1.807) is 4.90 Å². The predicted octanol–water partition coefficient (Wildman–Crippen LogP) is 3.10. The lowest BCUT2D eigenvalue weighted by Crippen LogP contribution is -2.50. The summed E-state index contributed by atoms with van der Waals surface area (Å²) in [5, 5.41) is 0. The van der Waals surface area contributed by atoms with Crippen molar-refractivity contribution in [1.29, 1.82) is 0 Å². The zero-order valence-corrected chi connectivity index (χ0v) is 14.4. The third-order valence-electron chi connectivity index (χ3n) is 4.34. The van der Waals surface area contributed by atoms with Crippen LogP contribution >= 0.6 is 0 Å². The molecule has 0 aliphatic carbocycles. The number of halogens is 3. The summed E-state index contributed by atoms with van der Waals surface area (Å²) in [5.41, 5.74) is -0.0181. The van der Waals surface area contributed by atoms with Crippen LogP contribution in [0.1, 0.15) is 15.9 Å². The first-order valence-electron chi connectivity index (χ1n) is 8.41. The van der Waals surface area contributed by atoms with E-state index < -0.39 is 23.4 Å². The Labute approximate surface area is 154 Å². The number of piperazine rings is 1. The number of carbonyl (C=O) groups is 2. The monoisotopic (exact) mass is 374 g/mol. The molecule has 1 aliphatic rings. The standard InChI is InChI=1S/C20H17F3N2O2/c21-15-4-1-3-14(13-15)20(27)25-11-9-24(10-12-25)19(26)8-7-16-17(22)5-2-6-18(16)23/h1-8,13H,9-12H2/b8-7+. The second-order valence-electron chi connectivity index (χ2n) is 6.10. The zero-order valence-electron chi connectivity index (χ0n) is 14.4. The highest BCUT2D eigenvalue weighted by Crippen LogP contribution is 2.15. The first-order chi connectivity index (χ1) is 13.0. The molecule has 1 fully saturated rings. The van der Waals surface area contributed by atoms with Crippen LogP contribution in [-0.2, 0) is 4.79 Å². The molecule has 0 unspecified atom stereocenters. The Morgan fingerprint density at radius 1 is 0.852 bits per heavy atom. The van der Waals surface area contributed by atoms with Gasteiger partial charge in [-0.1, -0.05) is 12.1 Å². The summed E-state index contributed by atoms with van der Waals surface area (Å²) < 4.78 is 40.4. The average molecular weight is 374 g/mol. The van der Waals surface area contributed by atoms with Gasteiger partial charge in [0.05, 0.1) is 0 Å². The number of nitrogens with zero attached hydrogens (tertiary/aromatic N) is 2. The zero-order chi connectivity index (χ0) is 19.4. The van der Waals surface area contributed by atoms with Crippen molar-refractivity contribution in [3.05, 3.63) is 77.1 Å². The van der Waals surface area contributed by atoms with Gasteiger partial charge in [-0.3, -0.25) is 9.59 Å². The lowest BCUT2D eigenvalue weighted by Gasteiger charge is -2.34. The van der Waals surface area contributed by atoms with Crippen LogP contribution in [0, 0.1) is 17.5 Å². The Kier molecular flexibility index (Phi) is 5.59. The fourth-order valence-electron chi connectivity index (χ4n) is 2.86. The summed E-state index contributed by atoms with van der Waals surface area (Å²) in [6.45, 7) is 1.15. The van der Waals surface area contributed by atoms with Crippen LogP contribution in [0.3, 0.4) is 0 Å². The molecule has 1 saturated heterocycles. The van der Waals surface area contributed by atoms with Gasteiger partial charge in [0.2, 0.25) is 5.91 Å². The first-order valence-corrected chi connectivity index (χ1v) is 8.41. The lowest BCUT2D eigenvalue weighted by atomic mass is 10.1. The van der Waals surface area contributed by atoms with E-state index in [-0.39, 0.29) is 30.1 Å². The minimum atomic E-state index is -0.746. The van der Waals surface area contributed by atoms with Crippen LogP contribution in [0.5, 0.6) is 0 Å². The highest BCUT2D eigenvalue weighted by atomic mass is 19.1. The van der Waals surface area contributed by atoms with Crippen molar-refractivity contribution < 1.29 is 22.8 Å². The van der Waals surface area contributed by atoms with E-state index in [2.05, 4.69) is 0 Å². The van der Waals surface area contributed by atoms with E-state index >= 15 is 0 Å². The van der Waals surface area contributed by atoms with E-state index in [0.29, 0.717) is 13.1 Å². The molecule has 0 bridgehead atoms. The highest BCUT2D eigenvalue weighted by Gasteiger charge is 2.24. The number of hydrogen-bond donors (Lipinski definition) is 0. The summed E-state index contributed by atoms with van der Waals surface area (Å²) >= 11 is 0. The normalized spacial score (nSPS) is 14.6. The molecule has 1 aliphatic heterocycles. The van der Waals surface area contributed by atoms with Crippen molar-refractivity contribution in [2.75, 3.05) is 26.2 Å². The van der Waals surface area contributed by atoms with Crippen LogP contribution in [-0.4, -0.2) is 47.8 Å². The van der Waals surface area contributed by atoms with Crippen LogP contribution in [0.25, 0.3) is 6.08 Å². The fraction of sp³-hybridized carbons (Fsp3) is 0.200. The maximum Gasteiger partial charge on any atom is 0.254 e. The molecular formula is C20H17F3N2O2. The Morgan fingerprint density at radius 2 is 1.44 bits per heavy atom. The van der Waals surface area contributed by atoms with Gasteiger partial charge in [0.15, 0.2) is 0 Å². The Bertz CT molecular complexity index is 870. The molecule has 2 amide bonds. The van der Waals surface area contributed by atoms with Crippen molar-refractivity contribution >= 4 is 17.9 Å². The number of rotatable bonds is 3. The average Bonchev–Trinajstić information content (AvgIpc) is 2.67. The molecule has 0 atom stereocenters. The van der Waals surface area contributed by atoms with E-state index in [1.807, 2.05) is 0 Å². The smallest absolute Gasteiger partial charge is 0.254 e. The third-order valence-corrected chi connectivity index (χ3v) is 4.34. The summed E-state index contributed by atoms with van der Waals surface area (Å²) in [7, 11) is 0. The molecule has 2 aromatic carbocycles. The van der Waals surface area contributed by atoms with Gasteiger partial charge in [-0.15, -0.1) is 0 Å². The van der Waals surface area contributed by atoms with Gasteiger partial charge in [-0.25, -0.2) is 13.2 Å². The molecule has 0 N–H and O–H groups in total. The van der Waals surface area contributed by atoms with Gasteiger partial charge in [-0.05, 0) is 36.4 Å². The lowest BCUT2D eigenvalue weighted by molar-refractivity contribution is -0.127. The molecule has 0 spiro atoms. The minimum Gasteiger partial charge on any atom is -0.336 e. The van der Waals surface area contributed by atoms with Crippen molar-refractivity contribution in [2.45, 2.75) is 0 Å². The van der Waals surface area contributed by atoms with Gasteiger partial charge in [0, 0.05) is 43.4 Å². The number of benzene rings is 2. The first kappa shape index (κ1) is 18.7. The summed E-state index contributed by atoms with van der Waals surface area (Å²) in [5.74, 6) is -2.67. The summed E-state index contributed by atoms with van der Waals surface area (Å²) in [6, 6.07) is 8.92. The quantitative estimate of drug-likeness (QED) is 0.775. The molecule has 7 heteroatoms. The molecule has 3 rings (SSSR count). The Balaban J connectivity index is 1.59. The van der Waals surface area contributed by atoms with Crippen molar-refractivity contribution in [2.24, 2.45) is 0 Å². The number of carbonyl (C=O) groups excluding carboxylic acids is 2. The Morgan fingerprint density at radius 3 is 2.07 bits per heavy atom. The molecule has 140 valence electrons. The van der Waals surface area contributed by atoms with Gasteiger partial charge < -0.3 is 9.80 Å². The molecule has 0 aromatic heterocycles. The second kappa shape index (κ2) is 8.07. The number of hydrogen-bond acceptors (Lipinski definition) is 2. The molecule has 27 heavy (non-hydrogen) atoms. The van der Waals surface area contributed by atoms with E-state index in [9.17, 15) is 22.8 Å². The minimum absolute atomic E-state index is 0.254. The summed E-state index contributed by atoms with van der Waals surface area (Å²) in [4.78, 5) is 27.6. The topological polar surface area (TPSA) is 40.6 Å². The van der Waals surface area contributed by atoms with E-state index in [0.717, 1.165) is 24.3 Å². The van der Waals surface area contributed by atoms with Crippen LogP contribution in [0.4, 0.5) is 13.2 Å². The largest absolute Gasteiger partial charge is 0.336 e. The van der Waals surface area contributed by atoms with Gasteiger partial charge in [0.1, 0.15) is 17.5 Å². The second-order valence-corrected chi connectivity index (χ2v) is 6.10. The molecular weight excluding hydrogens is 357 g/mol. The van der Waals surface area contributed by atoms with Gasteiger partial charge in [0.25, 0.3) is 5.91 Å². The van der Waals surface area contributed by atoms with Crippen molar-refractivity contribution in [3.8, 4) is 0 Å². The van der Waals surface area contributed by atoms with Gasteiger partial charge >= 0.3 is 0 Å².